The molecule has 0 bridgehead atoms. The van der Waals surface area contributed by atoms with Crippen LogP contribution in [0.5, 0.6) is 0 Å². The summed E-state index contributed by atoms with van der Waals surface area (Å²) in [6.07, 6.45) is 8.04. The molecule has 0 spiro atoms. The molecule has 0 N–H and O–H groups in total. The minimum Gasteiger partial charge on any atom is -0.294 e. The van der Waals surface area contributed by atoms with E-state index in [1.165, 1.54) is 0 Å². The van der Waals surface area contributed by atoms with E-state index in [2.05, 4.69) is 6.08 Å². The van der Waals surface area contributed by atoms with E-state index in [4.69, 9.17) is 0 Å². The fourth-order valence-corrected chi connectivity index (χ4v) is 0.786. The summed E-state index contributed by atoms with van der Waals surface area (Å²) in [5, 5.41) is 0. The Hall–Kier alpha value is -0.850. The summed E-state index contributed by atoms with van der Waals surface area (Å²) in [6, 6.07) is 0. The molecular formula is C8H9O. The zero-order valence-electron chi connectivity index (χ0n) is 5.48. The van der Waals surface area contributed by atoms with Gasteiger partial charge < -0.3 is 0 Å². The topological polar surface area (TPSA) is 17.1 Å². The van der Waals surface area contributed by atoms with Gasteiger partial charge in [0.15, 0.2) is 5.78 Å². The van der Waals surface area contributed by atoms with Crippen LogP contribution in [0.25, 0.3) is 0 Å². The van der Waals surface area contributed by atoms with Gasteiger partial charge in [-0.3, -0.25) is 4.79 Å². The summed E-state index contributed by atoms with van der Waals surface area (Å²) in [7, 11) is 0. The van der Waals surface area contributed by atoms with Crippen LogP contribution in [-0.4, -0.2) is 5.78 Å². The van der Waals surface area contributed by atoms with Crippen molar-refractivity contribution < 1.29 is 4.79 Å². The zero-order chi connectivity index (χ0) is 6.69. The standard InChI is InChI=1S/C8H9O/c1-2-7-4-3-5-8(9)6-7/h3-4H,2,5H2,1H3. The Kier molecular flexibility index (Phi) is 1.83. The third-order valence-electron chi connectivity index (χ3n) is 1.30. The van der Waals surface area contributed by atoms with Gasteiger partial charge in [-0.05, 0) is 12.0 Å². The van der Waals surface area contributed by atoms with Gasteiger partial charge in [0.2, 0.25) is 0 Å². The van der Waals surface area contributed by atoms with Gasteiger partial charge in [0, 0.05) is 12.5 Å². The summed E-state index contributed by atoms with van der Waals surface area (Å²) in [5.41, 5.74) is 1.02. The van der Waals surface area contributed by atoms with Crippen molar-refractivity contribution in [3.05, 3.63) is 23.8 Å². The molecule has 1 heteroatoms. The first-order valence-corrected chi connectivity index (χ1v) is 3.15. The van der Waals surface area contributed by atoms with Crippen molar-refractivity contribution in [2.24, 2.45) is 0 Å². The SMILES string of the molecule is CCC1=[C]C(=O)CC=C1. The van der Waals surface area contributed by atoms with Crippen molar-refractivity contribution in [3.8, 4) is 0 Å². The molecular weight excluding hydrogens is 112 g/mol. The average Bonchev–Trinajstić information content (AvgIpc) is 1.88. The van der Waals surface area contributed by atoms with Gasteiger partial charge >= 0.3 is 0 Å². The van der Waals surface area contributed by atoms with Crippen LogP contribution in [0.1, 0.15) is 19.8 Å². The van der Waals surface area contributed by atoms with Crippen molar-refractivity contribution in [2.75, 3.05) is 0 Å². The first-order chi connectivity index (χ1) is 4.33. The third kappa shape index (κ3) is 1.53. The average molecular weight is 121 g/mol. The molecule has 0 saturated carbocycles. The Morgan fingerprint density at radius 3 is 3.00 bits per heavy atom. The Morgan fingerprint density at radius 1 is 1.78 bits per heavy atom. The minimum absolute atomic E-state index is 0.106. The largest absolute Gasteiger partial charge is 0.294 e. The molecule has 1 aliphatic carbocycles. The van der Waals surface area contributed by atoms with E-state index in [-0.39, 0.29) is 5.78 Å². The molecule has 1 aliphatic rings. The second-order valence-corrected chi connectivity index (χ2v) is 2.03. The number of ketones is 1. The number of Topliss-reactive ketones (excluding diaryl/α,β-unsaturated/α-hetero) is 1. The Bertz CT molecular complexity index is 175. The first kappa shape index (κ1) is 6.27. The van der Waals surface area contributed by atoms with Crippen LogP contribution in [0.2, 0.25) is 0 Å². The zero-order valence-corrected chi connectivity index (χ0v) is 5.48. The van der Waals surface area contributed by atoms with E-state index >= 15 is 0 Å². The van der Waals surface area contributed by atoms with E-state index in [1.807, 2.05) is 19.1 Å². The number of hydrogen-bond donors (Lipinski definition) is 0. The maximum Gasteiger partial charge on any atom is 0.167 e. The Labute approximate surface area is 55.1 Å². The Balaban J connectivity index is 2.70. The molecule has 0 fully saturated rings. The van der Waals surface area contributed by atoms with Crippen molar-refractivity contribution in [3.63, 3.8) is 0 Å². The molecule has 0 unspecified atom stereocenters. The van der Waals surface area contributed by atoms with Crippen molar-refractivity contribution in [1.82, 2.24) is 0 Å². The molecule has 9 heavy (non-hydrogen) atoms. The predicted octanol–water partition coefficient (Wildman–Crippen LogP) is 1.65. The molecule has 1 rings (SSSR count). The van der Waals surface area contributed by atoms with Gasteiger partial charge in [-0.1, -0.05) is 19.1 Å². The third-order valence-corrected chi connectivity index (χ3v) is 1.30. The van der Waals surface area contributed by atoms with E-state index in [0.29, 0.717) is 6.42 Å². The lowest BCUT2D eigenvalue weighted by Gasteiger charge is -1.99. The maximum atomic E-state index is 10.6. The van der Waals surface area contributed by atoms with Crippen LogP contribution in [0.3, 0.4) is 0 Å². The summed E-state index contributed by atoms with van der Waals surface area (Å²) in [6.45, 7) is 2.02. The molecule has 0 aromatic rings. The normalized spacial score (nSPS) is 17.9. The van der Waals surface area contributed by atoms with Gasteiger partial charge in [-0.2, -0.15) is 0 Å². The van der Waals surface area contributed by atoms with E-state index in [1.54, 1.807) is 0 Å². The molecule has 0 aromatic carbocycles. The monoisotopic (exact) mass is 121 g/mol. The lowest BCUT2D eigenvalue weighted by atomic mass is 10.0. The lowest BCUT2D eigenvalue weighted by Crippen LogP contribution is -1.97. The Morgan fingerprint density at radius 2 is 2.56 bits per heavy atom. The van der Waals surface area contributed by atoms with Crippen LogP contribution in [-0.2, 0) is 4.79 Å². The van der Waals surface area contributed by atoms with Crippen LogP contribution < -0.4 is 0 Å². The first-order valence-electron chi connectivity index (χ1n) is 3.15. The molecule has 0 atom stereocenters. The summed E-state index contributed by atoms with van der Waals surface area (Å²) in [4.78, 5) is 10.6. The van der Waals surface area contributed by atoms with E-state index in [9.17, 15) is 4.79 Å². The highest BCUT2D eigenvalue weighted by atomic mass is 16.1. The molecule has 1 nitrogen and oxygen atoms in total. The van der Waals surface area contributed by atoms with E-state index < -0.39 is 0 Å². The highest BCUT2D eigenvalue weighted by Gasteiger charge is 2.01. The highest BCUT2D eigenvalue weighted by molar-refractivity contribution is 5.89. The summed E-state index contributed by atoms with van der Waals surface area (Å²) >= 11 is 0. The van der Waals surface area contributed by atoms with Crippen LogP contribution in [0.4, 0.5) is 0 Å². The second kappa shape index (κ2) is 2.62. The smallest absolute Gasteiger partial charge is 0.167 e. The van der Waals surface area contributed by atoms with Gasteiger partial charge in [-0.25, -0.2) is 0 Å². The van der Waals surface area contributed by atoms with Gasteiger partial charge in [0.25, 0.3) is 0 Å². The van der Waals surface area contributed by atoms with Crippen molar-refractivity contribution in [1.29, 1.82) is 0 Å². The van der Waals surface area contributed by atoms with E-state index in [0.717, 1.165) is 12.0 Å². The molecule has 1 radical (unpaired) electrons. The number of carbonyl (C=O) groups is 1. The molecule has 0 heterocycles. The molecule has 0 aliphatic heterocycles. The van der Waals surface area contributed by atoms with Crippen LogP contribution in [0.15, 0.2) is 17.7 Å². The fourth-order valence-electron chi connectivity index (χ4n) is 0.786. The van der Waals surface area contributed by atoms with Crippen molar-refractivity contribution in [2.45, 2.75) is 19.8 Å². The molecule has 0 amide bonds. The maximum absolute atomic E-state index is 10.6. The number of allylic oxidation sites excluding steroid dienone is 4. The number of carbonyl (C=O) groups excluding carboxylic acids is 1. The fraction of sp³-hybridized carbons (Fsp3) is 0.375. The highest BCUT2D eigenvalue weighted by Crippen LogP contribution is 2.08. The summed E-state index contributed by atoms with van der Waals surface area (Å²) < 4.78 is 0. The number of hydrogen-bond acceptors (Lipinski definition) is 1. The van der Waals surface area contributed by atoms with Gasteiger partial charge in [-0.15, -0.1) is 0 Å². The van der Waals surface area contributed by atoms with Gasteiger partial charge in [0.05, 0.1) is 0 Å². The minimum atomic E-state index is 0.106. The van der Waals surface area contributed by atoms with Crippen LogP contribution in [0, 0.1) is 6.08 Å². The molecule has 47 valence electrons. The van der Waals surface area contributed by atoms with Crippen LogP contribution >= 0.6 is 0 Å². The lowest BCUT2D eigenvalue weighted by molar-refractivity contribution is -0.114. The molecule has 0 aromatic heterocycles. The van der Waals surface area contributed by atoms with Gasteiger partial charge in [0.1, 0.15) is 0 Å². The second-order valence-electron chi connectivity index (χ2n) is 2.03. The summed E-state index contributed by atoms with van der Waals surface area (Å²) in [5.74, 6) is 0.106. The number of rotatable bonds is 1. The quantitative estimate of drug-likeness (QED) is 0.515. The van der Waals surface area contributed by atoms with Crippen molar-refractivity contribution >= 4 is 5.78 Å². The predicted molar refractivity (Wildman–Crippen MR) is 35.8 cm³/mol. The molecule has 0 saturated heterocycles.